The maximum Gasteiger partial charge on any atom is 0.306 e. The minimum absolute atomic E-state index is 0.252. The van der Waals surface area contributed by atoms with Crippen molar-refractivity contribution < 1.29 is 14.3 Å². The van der Waals surface area contributed by atoms with E-state index in [-0.39, 0.29) is 18.2 Å². The Bertz CT molecular complexity index is 932. The number of ketones is 1. The Labute approximate surface area is 157 Å². The van der Waals surface area contributed by atoms with Crippen LogP contribution in [0.15, 0.2) is 54.7 Å². The maximum absolute atomic E-state index is 12.3. The van der Waals surface area contributed by atoms with Crippen molar-refractivity contribution in [1.29, 1.82) is 0 Å². The van der Waals surface area contributed by atoms with Gasteiger partial charge in [-0.2, -0.15) is 0 Å². The van der Waals surface area contributed by atoms with Crippen molar-refractivity contribution >= 4 is 34.3 Å². The fourth-order valence-corrected chi connectivity index (χ4v) is 3.14. The van der Waals surface area contributed by atoms with E-state index < -0.39 is 6.10 Å². The number of nitrogens with one attached hydrogen (secondary N) is 1. The summed E-state index contributed by atoms with van der Waals surface area (Å²) in [4.78, 5) is 27.6. The third-order valence-electron chi connectivity index (χ3n) is 4.29. The summed E-state index contributed by atoms with van der Waals surface area (Å²) in [6.45, 7) is 1.58. The minimum Gasteiger partial charge on any atom is -0.454 e. The Morgan fingerprint density at radius 3 is 2.77 bits per heavy atom. The van der Waals surface area contributed by atoms with E-state index in [1.165, 1.54) is 10.9 Å². The molecule has 5 heteroatoms. The first kappa shape index (κ1) is 18.2. The molecule has 3 aromatic rings. The van der Waals surface area contributed by atoms with Crippen LogP contribution >= 0.6 is 11.6 Å². The molecule has 3 rings (SSSR count). The fourth-order valence-electron chi connectivity index (χ4n) is 2.95. The zero-order chi connectivity index (χ0) is 18.5. The number of Topliss-reactive ketones (excluding diaryl/α,β-unsaturated/α-hetero) is 1. The van der Waals surface area contributed by atoms with E-state index in [4.69, 9.17) is 16.3 Å². The molecule has 0 bridgehead atoms. The van der Waals surface area contributed by atoms with Gasteiger partial charge in [0.25, 0.3) is 0 Å². The van der Waals surface area contributed by atoms with Gasteiger partial charge in [0.15, 0.2) is 6.10 Å². The van der Waals surface area contributed by atoms with Crippen molar-refractivity contribution in [3.8, 4) is 0 Å². The number of carbonyl (C=O) groups excluding carboxylic acids is 2. The summed E-state index contributed by atoms with van der Waals surface area (Å²) < 4.78 is 5.27. The van der Waals surface area contributed by atoms with Gasteiger partial charge in [-0.15, -0.1) is 0 Å². The Morgan fingerprint density at radius 1 is 1.15 bits per heavy atom. The topological polar surface area (TPSA) is 59.2 Å². The molecule has 1 atom stereocenters. The van der Waals surface area contributed by atoms with E-state index in [0.717, 1.165) is 11.9 Å². The van der Waals surface area contributed by atoms with Crippen LogP contribution in [0.5, 0.6) is 0 Å². The third kappa shape index (κ3) is 4.33. The first-order valence-corrected chi connectivity index (χ1v) is 8.96. The van der Waals surface area contributed by atoms with Crippen molar-refractivity contribution in [1.82, 2.24) is 4.98 Å². The first-order valence-electron chi connectivity index (χ1n) is 8.59. The number of aromatic nitrogens is 1. The van der Waals surface area contributed by atoms with E-state index in [0.29, 0.717) is 17.0 Å². The lowest BCUT2D eigenvalue weighted by Gasteiger charge is -2.12. The Hall–Kier alpha value is -2.59. The van der Waals surface area contributed by atoms with Crippen LogP contribution in [0.2, 0.25) is 5.02 Å². The van der Waals surface area contributed by atoms with Gasteiger partial charge >= 0.3 is 5.97 Å². The molecule has 1 N–H and O–H groups in total. The van der Waals surface area contributed by atoms with Gasteiger partial charge in [-0.3, -0.25) is 9.59 Å². The number of halogens is 1. The lowest BCUT2D eigenvalue weighted by atomic mass is 10.1. The van der Waals surface area contributed by atoms with Gasteiger partial charge in [0.05, 0.1) is 0 Å². The van der Waals surface area contributed by atoms with Crippen molar-refractivity contribution in [3.05, 3.63) is 70.9 Å². The van der Waals surface area contributed by atoms with Crippen LogP contribution in [0.25, 0.3) is 10.9 Å². The molecule has 0 aliphatic heterocycles. The quantitative estimate of drug-likeness (QED) is 0.473. The van der Waals surface area contributed by atoms with E-state index >= 15 is 0 Å². The summed E-state index contributed by atoms with van der Waals surface area (Å²) in [5, 5.41) is 1.65. The van der Waals surface area contributed by atoms with Crippen molar-refractivity contribution in [2.24, 2.45) is 0 Å². The second-order valence-corrected chi connectivity index (χ2v) is 6.66. The summed E-state index contributed by atoms with van der Waals surface area (Å²) >= 11 is 5.90. The molecule has 1 heterocycles. The number of hydrogen-bond donors (Lipinski definition) is 1. The van der Waals surface area contributed by atoms with Crippen molar-refractivity contribution in [2.45, 2.75) is 32.3 Å². The molecule has 0 spiro atoms. The van der Waals surface area contributed by atoms with Crippen LogP contribution < -0.4 is 0 Å². The molecular weight excluding hydrogens is 350 g/mol. The highest BCUT2D eigenvalue weighted by Gasteiger charge is 2.19. The zero-order valence-corrected chi connectivity index (χ0v) is 15.3. The van der Waals surface area contributed by atoms with Crippen LogP contribution in [-0.4, -0.2) is 22.8 Å². The number of H-pyrrole nitrogens is 1. The van der Waals surface area contributed by atoms with Crippen molar-refractivity contribution in [2.75, 3.05) is 0 Å². The molecule has 4 nitrogen and oxygen atoms in total. The number of esters is 1. The van der Waals surface area contributed by atoms with Crippen LogP contribution in [0, 0.1) is 0 Å². The molecule has 2 aromatic carbocycles. The predicted molar refractivity (Wildman–Crippen MR) is 103 cm³/mol. The number of ether oxygens (including phenoxy) is 1. The van der Waals surface area contributed by atoms with Gasteiger partial charge in [-0.1, -0.05) is 41.9 Å². The SMILES string of the molecule is CC(OC(=O)CCCc1c[nH]c2ccccc12)C(=O)c1cccc(Cl)c1. The second kappa shape index (κ2) is 8.19. The number of para-hydroxylation sites is 1. The van der Waals surface area contributed by atoms with Crippen LogP contribution in [-0.2, 0) is 16.0 Å². The number of fused-ring (bicyclic) bond motifs is 1. The van der Waals surface area contributed by atoms with Gasteiger partial charge in [0.2, 0.25) is 5.78 Å². The smallest absolute Gasteiger partial charge is 0.306 e. The molecule has 0 fully saturated rings. The Kier molecular flexibility index (Phi) is 5.74. The van der Waals surface area contributed by atoms with E-state index in [1.807, 2.05) is 24.4 Å². The Morgan fingerprint density at radius 2 is 1.96 bits per heavy atom. The summed E-state index contributed by atoms with van der Waals surface area (Å²) in [5.74, 6) is -0.620. The molecule has 1 aromatic heterocycles. The second-order valence-electron chi connectivity index (χ2n) is 6.22. The molecule has 0 aliphatic carbocycles. The number of aromatic amines is 1. The van der Waals surface area contributed by atoms with Gasteiger partial charge < -0.3 is 9.72 Å². The van der Waals surface area contributed by atoms with Gasteiger partial charge in [0.1, 0.15) is 0 Å². The summed E-state index contributed by atoms with van der Waals surface area (Å²) in [6, 6.07) is 14.7. The average molecular weight is 370 g/mol. The monoisotopic (exact) mass is 369 g/mol. The average Bonchev–Trinajstić information content (AvgIpc) is 3.04. The number of hydrogen-bond acceptors (Lipinski definition) is 3. The van der Waals surface area contributed by atoms with Gasteiger partial charge in [-0.25, -0.2) is 0 Å². The first-order chi connectivity index (χ1) is 12.5. The number of aryl methyl sites for hydroxylation is 1. The van der Waals surface area contributed by atoms with Crippen LogP contribution in [0.1, 0.15) is 35.7 Å². The predicted octanol–water partition coefficient (Wildman–Crippen LogP) is 4.96. The molecule has 0 saturated heterocycles. The highest BCUT2D eigenvalue weighted by Crippen LogP contribution is 2.20. The molecule has 1 unspecified atom stereocenters. The molecule has 0 amide bonds. The Balaban J connectivity index is 1.50. The van der Waals surface area contributed by atoms with E-state index in [1.54, 1.807) is 31.2 Å². The number of carbonyl (C=O) groups is 2. The number of benzene rings is 2. The molecule has 0 radical (unpaired) electrons. The molecule has 134 valence electrons. The largest absolute Gasteiger partial charge is 0.454 e. The van der Waals surface area contributed by atoms with Crippen LogP contribution in [0.4, 0.5) is 0 Å². The lowest BCUT2D eigenvalue weighted by Crippen LogP contribution is -2.24. The lowest BCUT2D eigenvalue weighted by molar-refractivity contribution is -0.146. The highest BCUT2D eigenvalue weighted by atomic mass is 35.5. The highest BCUT2D eigenvalue weighted by molar-refractivity contribution is 6.31. The summed E-state index contributed by atoms with van der Waals surface area (Å²) in [5.41, 5.74) is 2.71. The molecule has 26 heavy (non-hydrogen) atoms. The zero-order valence-electron chi connectivity index (χ0n) is 14.5. The number of rotatable bonds is 7. The normalized spacial score (nSPS) is 12.1. The maximum atomic E-state index is 12.3. The molecule has 0 aliphatic rings. The summed E-state index contributed by atoms with van der Waals surface area (Å²) in [6.07, 6.45) is 2.86. The standard InChI is InChI=1S/C21H20ClNO3/c1-14(21(25)15-6-4-8-17(22)12-15)26-20(24)11-5-7-16-13-23-19-10-3-2-9-18(16)19/h2-4,6,8-10,12-14,23H,5,7,11H2,1H3. The van der Waals surface area contributed by atoms with Crippen LogP contribution in [0.3, 0.4) is 0 Å². The fraction of sp³-hybridized carbons (Fsp3) is 0.238. The van der Waals surface area contributed by atoms with Gasteiger partial charge in [-0.05, 0) is 43.5 Å². The third-order valence-corrected chi connectivity index (χ3v) is 4.52. The van der Waals surface area contributed by atoms with Crippen molar-refractivity contribution in [3.63, 3.8) is 0 Å². The molecular formula is C21H20ClNO3. The molecule has 0 saturated carbocycles. The van der Waals surface area contributed by atoms with E-state index in [2.05, 4.69) is 11.1 Å². The van der Waals surface area contributed by atoms with E-state index in [9.17, 15) is 9.59 Å². The summed E-state index contributed by atoms with van der Waals surface area (Å²) in [7, 11) is 0. The minimum atomic E-state index is -0.825. The van der Waals surface area contributed by atoms with Gasteiger partial charge in [0, 0.05) is 34.1 Å².